The molecule has 0 bridgehead atoms. The number of hydrogen-bond donors (Lipinski definition) is 1. The van der Waals surface area contributed by atoms with E-state index in [9.17, 15) is 4.79 Å². The highest BCUT2D eigenvalue weighted by molar-refractivity contribution is 6.30. The van der Waals surface area contributed by atoms with Gasteiger partial charge in [-0.3, -0.25) is 4.79 Å². The average molecular weight is 423 g/mol. The molecular weight excluding hydrogens is 407 g/mol. The van der Waals surface area contributed by atoms with Gasteiger partial charge in [-0.05, 0) is 54.1 Å². The maximum absolute atomic E-state index is 12.8. The summed E-state index contributed by atoms with van der Waals surface area (Å²) in [6, 6.07) is 21.9. The number of carbonyl (C=O) groups is 1. The molecule has 0 saturated heterocycles. The summed E-state index contributed by atoms with van der Waals surface area (Å²) in [5, 5.41) is 4.23. The first-order valence-electron chi connectivity index (χ1n) is 8.94. The van der Waals surface area contributed by atoms with E-state index in [1.165, 1.54) is 0 Å². The number of amides is 1. The van der Waals surface area contributed by atoms with Crippen molar-refractivity contribution in [3.8, 4) is 22.8 Å². The van der Waals surface area contributed by atoms with Crippen molar-refractivity contribution in [2.24, 2.45) is 0 Å². The van der Waals surface area contributed by atoms with Crippen LogP contribution in [0.25, 0.3) is 22.8 Å². The molecule has 0 radical (unpaired) electrons. The number of halogens is 2. The largest absolute Gasteiger partial charge is 0.436 e. The zero-order valence-corrected chi connectivity index (χ0v) is 16.7. The molecule has 1 amide bonds. The van der Waals surface area contributed by atoms with Gasteiger partial charge in [0.15, 0.2) is 5.76 Å². The smallest absolute Gasteiger partial charge is 0.252 e. The topological polar surface area (TPSA) is 55.1 Å². The van der Waals surface area contributed by atoms with E-state index in [2.05, 4.69) is 10.3 Å². The third kappa shape index (κ3) is 4.50. The summed E-state index contributed by atoms with van der Waals surface area (Å²) in [6.07, 6.45) is 1.64. The van der Waals surface area contributed by atoms with Gasteiger partial charge in [0, 0.05) is 27.7 Å². The van der Waals surface area contributed by atoms with Gasteiger partial charge in [0.1, 0.15) is 0 Å². The van der Waals surface area contributed by atoms with E-state index in [1.54, 1.807) is 36.5 Å². The Kier molecular flexibility index (Phi) is 5.65. The first-order chi connectivity index (χ1) is 14.1. The summed E-state index contributed by atoms with van der Waals surface area (Å²) >= 11 is 11.8. The number of benzene rings is 3. The van der Waals surface area contributed by atoms with Gasteiger partial charge in [-0.2, -0.15) is 0 Å². The van der Waals surface area contributed by atoms with E-state index in [4.69, 9.17) is 27.6 Å². The molecule has 0 aliphatic heterocycles. The molecule has 0 fully saturated rings. The van der Waals surface area contributed by atoms with Crippen LogP contribution in [0.2, 0.25) is 10.0 Å². The first-order valence-corrected chi connectivity index (χ1v) is 9.69. The third-order valence-electron chi connectivity index (χ3n) is 4.40. The maximum Gasteiger partial charge on any atom is 0.252 e. The Labute approximate surface area is 178 Å². The molecule has 6 heteroatoms. The molecule has 1 N–H and O–H groups in total. The summed E-state index contributed by atoms with van der Waals surface area (Å²) in [5.41, 5.74) is 2.94. The van der Waals surface area contributed by atoms with Crippen LogP contribution in [0.1, 0.15) is 15.9 Å². The number of hydrogen-bond acceptors (Lipinski definition) is 3. The van der Waals surface area contributed by atoms with Crippen LogP contribution in [0.15, 0.2) is 83.4 Å². The Morgan fingerprint density at radius 1 is 0.897 bits per heavy atom. The predicted molar refractivity (Wildman–Crippen MR) is 115 cm³/mol. The lowest BCUT2D eigenvalue weighted by atomic mass is 10.1. The second-order valence-electron chi connectivity index (χ2n) is 6.39. The average Bonchev–Trinajstić information content (AvgIpc) is 3.24. The number of carbonyl (C=O) groups excluding carboxylic acids is 1. The molecule has 4 nitrogen and oxygen atoms in total. The van der Waals surface area contributed by atoms with Gasteiger partial charge in [-0.1, -0.05) is 47.5 Å². The normalized spacial score (nSPS) is 10.7. The molecule has 4 rings (SSSR count). The highest BCUT2D eigenvalue weighted by Crippen LogP contribution is 2.29. The van der Waals surface area contributed by atoms with Crippen LogP contribution in [-0.2, 0) is 6.54 Å². The quantitative estimate of drug-likeness (QED) is 0.413. The molecule has 0 atom stereocenters. The van der Waals surface area contributed by atoms with Crippen LogP contribution < -0.4 is 5.32 Å². The molecule has 1 heterocycles. The van der Waals surface area contributed by atoms with E-state index in [0.29, 0.717) is 39.4 Å². The van der Waals surface area contributed by atoms with Crippen molar-refractivity contribution in [3.63, 3.8) is 0 Å². The first kappa shape index (κ1) is 19.2. The van der Waals surface area contributed by atoms with E-state index in [1.807, 2.05) is 42.5 Å². The molecule has 0 aliphatic rings. The molecular formula is C23H16Cl2N2O2. The van der Waals surface area contributed by atoms with Gasteiger partial charge in [-0.25, -0.2) is 4.98 Å². The Morgan fingerprint density at radius 2 is 1.55 bits per heavy atom. The maximum atomic E-state index is 12.8. The molecule has 144 valence electrons. The summed E-state index contributed by atoms with van der Waals surface area (Å²) in [5.74, 6) is 0.780. The Hall–Kier alpha value is -3.08. The fraction of sp³-hybridized carbons (Fsp3) is 0.0435. The minimum Gasteiger partial charge on any atom is -0.436 e. The van der Waals surface area contributed by atoms with Crippen molar-refractivity contribution < 1.29 is 9.21 Å². The number of aromatic nitrogens is 1. The second kappa shape index (κ2) is 8.52. The van der Waals surface area contributed by atoms with Crippen LogP contribution in [0.3, 0.4) is 0 Å². The van der Waals surface area contributed by atoms with E-state index < -0.39 is 0 Å². The van der Waals surface area contributed by atoms with Crippen molar-refractivity contribution in [1.82, 2.24) is 10.3 Å². The van der Waals surface area contributed by atoms with Crippen molar-refractivity contribution in [3.05, 3.63) is 100 Å². The molecule has 0 unspecified atom stereocenters. The van der Waals surface area contributed by atoms with Gasteiger partial charge in [0.2, 0.25) is 5.89 Å². The van der Waals surface area contributed by atoms with Crippen LogP contribution in [0.5, 0.6) is 0 Å². The van der Waals surface area contributed by atoms with E-state index in [-0.39, 0.29) is 5.91 Å². The molecule has 0 aliphatic carbocycles. The number of nitrogens with one attached hydrogen (secondary N) is 1. The van der Waals surface area contributed by atoms with Crippen LogP contribution in [0.4, 0.5) is 0 Å². The molecule has 29 heavy (non-hydrogen) atoms. The number of nitrogens with zero attached hydrogens (tertiary/aromatic N) is 1. The summed E-state index contributed by atoms with van der Waals surface area (Å²) in [7, 11) is 0. The fourth-order valence-electron chi connectivity index (χ4n) is 2.89. The SMILES string of the molecule is O=C(NCc1ccc(Cl)cc1)c1ccccc1-c1ncc(-c2ccc(Cl)cc2)o1. The summed E-state index contributed by atoms with van der Waals surface area (Å²) in [6.45, 7) is 0.395. The standard InChI is InChI=1S/C23H16Cl2N2O2/c24-17-9-5-15(6-10-17)13-26-22(28)19-3-1-2-4-20(19)23-27-14-21(29-23)16-7-11-18(25)12-8-16/h1-12,14H,13H2,(H,26,28). The van der Waals surface area contributed by atoms with Gasteiger partial charge in [-0.15, -0.1) is 0 Å². The lowest BCUT2D eigenvalue weighted by Crippen LogP contribution is -2.23. The second-order valence-corrected chi connectivity index (χ2v) is 7.26. The van der Waals surface area contributed by atoms with E-state index in [0.717, 1.165) is 11.1 Å². The Morgan fingerprint density at radius 3 is 2.28 bits per heavy atom. The third-order valence-corrected chi connectivity index (χ3v) is 4.91. The predicted octanol–water partition coefficient (Wildman–Crippen LogP) is 6.25. The lowest BCUT2D eigenvalue weighted by Gasteiger charge is -2.08. The molecule has 4 aromatic rings. The summed E-state index contributed by atoms with van der Waals surface area (Å²) < 4.78 is 5.91. The molecule has 3 aromatic carbocycles. The van der Waals surface area contributed by atoms with Crippen LogP contribution in [-0.4, -0.2) is 10.9 Å². The molecule has 0 spiro atoms. The Balaban J connectivity index is 1.56. The van der Waals surface area contributed by atoms with Gasteiger partial charge >= 0.3 is 0 Å². The fourth-order valence-corrected chi connectivity index (χ4v) is 3.15. The monoisotopic (exact) mass is 422 g/mol. The van der Waals surface area contributed by atoms with Crippen molar-refractivity contribution in [1.29, 1.82) is 0 Å². The van der Waals surface area contributed by atoms with Gasteiger partial charge in [0.25, 0.3) is 5.91 Å². The van der Waals surface area contributed by atoms with Crippen LogP contribution >= 0.6 is 23.2 Å². The minimum atomic E-state index is -0.207. The molecule has 0 saturated carbocycles. The highest BCUT2D eigenvalue weighted by Gasteiger charge is 2.16. The molecule has 1 aromatic heterocycles. The number of rotatable bonds is 5. The van der Waals surface area contributed by atoms with E-state index >= 15 is 0 Å². The van der Waals surface area contributed by atoms with Crippen LogP contribution in [0, 0.1) is 0 Å². The van der Waals surface area contributed by atoms with Gasteiger partial charge < -0.3 is 9.73 Å². The Bertz CT molecular complexity index is 1140. The lowest BCUT2D eigenvalue weighted by molar-refractivity contribution is 0.0951. The zero-order valence-electron chi connectivity index (χ0n) is 15.2. The minimum absolute atomic E-state index is 0.207. The number of oxazole rings is 1. The van der Waals surface area contributed by atoms with Crippen molar-refractivity contribution >= 4 is 29.1 Å². The van der Waals surface area contributed by atoms with Crippen molar-refractivity contribution in [2.45, 2.75) is 6.54 Å². The summed E-state index contributed by atoms with van der Waals surface area (Å²) in [4.78, 5) is 17.1. The van der Waals surface area contributed by atoms with Gasteiger partial charge in [0.05, 0.1) is 11.8 Å². The zero-order chi connectivity index (χ0) is 20.2. The van der Waals surface area contributed by atoms with Crippen molar-refractivity contribution in [2.75, 3.05) is 0 Å². The highest BCUT2D eigenvalue weighted by atomic mass is 35.5.